The molecule has 8 aromatic rings. The highest BCUT2D eigenvalue weighted by Gasteiger charge is 2.35. The Hall–Kier alpha value is -6.10. The van der Waals surface area contributed by atoms with E-state index in [1.165, 1.54) is 46.9 Å². The van der Waals surface area contributed by atoms with Crippen molar-refractivity contribution in [2.24, 2.45) is 0 Å². The number of Topliss-reactive ketones (excluding diaryl/α,β-unsaturated/α-hetero) is 4. The van der Waals surface area contributed by atoms with Gasteiger partial charge in [-0.2, -0.15) is 0 Å². The molecule has 10 rings (SSSR count). The first-order valence-corrected chi connectivity index (χ1v) is 18.4. The van der Waals surface area contributed by atoms with Crippen LogP contribution in [0.1, 0.15) is 62.3 Å². The molecular weight excluding hydrogens is 733 g/mol. The highest BCUT2D eigenvalue weighted by Crippen LogP contribution is 2.44. The quantitative estimate of drug-likeness (QED) is 0.100. The maximum Gasteiger partial charge on any atom is 0.197 e. The lowest BCUT2D eigenvalue weighted by molar-refractivity contribution is 0.0975. The van der Waals surface area contributed by atoms with E-state index in [-0.39, 0.29) is 33.4 Å². The fourth-order valence-electron chi connectivity index (χ4n) is 7.74. The summed E-state index contributed by atoms with van der Waals surface area (Å²) in [5.74, 6) is -6.05. The predicted octanol–water partition coefficient (Wildman–Crippen LogP) is 11.7. The van der Waals surface area contributed by atoms with E-state index in [4.69, 9.17) is 0 Å². The first kappa shape index (κ1) is 32.5. The van der Waals surface area contributed by atoms with Gasteiger partial charge in [-0.1, -0.05) is 0 Å². The molecule has 2 aliphatic rings. The molecule has 10 heteroatoms. The average molecular weight is 753 g/mol. The van der Waals surface area contributed by atoms with Crippen LogP contribution in [0, 0.1) is 37.1 Å². The van der Waals surface area contributed by atoms with Crippen molar-refractivity contribution >= 4 is 110 Å². The number of fused-ring (bicyclic) bond motifs is 9. The van der Waals surface area contributed by atoms with Crippen molar-refractivity contribution in [2.75, 3.05) is 0 Å². The second-order valence-corrected chi connectivity index (χ2v) is 15.9. The first-order chi connectivity index (χ1) is 25.8. The van der Waals surface area contributed by atoms with E-state index in [2.05, 4.69) is 12.1 Å². The van der Waals surface area contributed by atoms with Crippen LogP contribution in [-0.4, -0.2) is 23.1 Å². The van der Waals surface area contributed by atoms with Crippen LogP contribution in [-0.2, 0) is 0 Å². The van der Waals surface area contributed by atoms with Crippen molar-refractivity contribution in [1.82, 2.24) is 0 Å². The number of rotatable bonds is 2. The Bertz CT molecular complexity index is 2910. The summed E-state index contributed by atoms with van der Waals surface area (Å²) in [6, 6.07) is 17.8. The highest BCUT2D eigenvalue weighted by atomic mass is 32.1. The van der Waals surface area contributed by atoms with Crippen molar-refractivity contribution in [1.29, 1.82) is 0 Å². The molecule has 260 valence electrons. The molecule has 0 bridgehead atoms. The minimum absolute atomic E-state index is 0.0187. The molecule has 0 aliphatic heterocycles. The molecule has 0 saturated heterocycles. The maximum atomic E-state index is 13.9. The van der Waals surface area contributed by atoms with E-state index in [1.54, 1.807) is 12.2 Å². The third kappa shape index (κ3) is 4.60. The normalized spacial score (nSPS) is 14.2. The zero-order valence-corrected chi connectivity index (χ0v) is 29.7. The number of hydrogen-bond donors (Lipinski definition) is 0. The van der Waals surface area contributed by atoms with Gasteiger partial charge in [0.2, 0.25) is 0 Å². The first-order valence-electron chi connectivity index (χ1n) is 16.7. The number of carbonyl (C=O) groups is 4. The van der Waals surface area contributed by atoms with Crippen molar-refractivity contribution in [3.05, 3.63) is 150 Å². The molecule has 0 radical (unpaired) electrons. The topological polar surface area (TPSA) is 68.3 Å². The summed E-state index contributed by atoms with van der Waals surface area (Å²) >= 11 is 2.88. The number of benzene rings is 6. The van der Waals surface area contributed by atoms with E-state index in [0.29, 0.717) is 31.3 Å². The van der Waals surface area contributed by atoms with Crippen molar-refractivity contribution in [3.8, 4) is 0 Å². The predicted molar refractivity (Wildman–Crippen MR) is 205 cm³/mol. The molecule has 0 saturated carbocycles. The number of hydrogen-bond acceptors (Lipinski definition) is 6. The average Bonchev–Trinajstić information content (AvgIpc) is 3.87. The SMILES string of the molecule is Cc1cc2c(cc(C)c3cc(C=C4C(=O)c5cc6cc(F)c(F)cc6cc5C4=O)sc32)c2sc(C=C3C(=O)c4cc5cc(F)c(F)cc5cc4C3=O)cc12. The summed E-state index contributed by atoms with van der Waals surface area (Å²) in [6.45, 7) is 3.96. The number of allylic oxidation sites excluding steroid dienone is 2. The largest absolute Gasteiger partial charge is 0.288 e. The zero-order valence-electron chi connectivity index (χ0n) is 28.0. The minimum Gasteiger partial charge on any atom is -0.288 e. The lowest BCUT2D eigenvalue weighted by Crippen LogP contribution is -1.99. The van der Waals surface area contributed by atoms with Gasteiger partial charge in [-0.15, -0.1) is 22.7 Å². The Kier molecular flexibility index (Phi) is 6.75. The van der Waals surface area contributed by atoms with Crippen LogP contribution in [0.2, 0.25) is 0 Å². The third-order valence-electron chi connectivity index (χ3n) is 10.4. The van der Waals surface area contributed by atoms with E-state index in [9.17, 15) is 36.7 Å². The van der Waals surface area contributed by atoms with Crippen LogP contribution in [0.5, 0.6) is 0 Å². The third-order valence-corrected chi connectivity index (χ3v) is 12.6. The Morgan fingerprint density at radius 2 is 0.704 bits per heavy atom. The summed E-state index contributed by atoms with van der Waals surface area (Å²) in [5, 5.41) is 5.13. The molecule has 4 nitrogen and oxygen atoms in total. The van der Waals surface area contributed by atoms with Gasteiger partial charge in [0, 0.05) is 52.2 Å². The Labute approximate surface area is 310 Å². The van der Waals surface area contributed by atoms with Crippen LogP contribution in [0.3, 0.4) is 0 Å². The molecule has 0 N–H and O–H groups in total. The van der Waals surface area contributed by atoms with Gasteiger partial charge in [-0.25, -0.2) is 17.6 Å². The second kappa shape index (κ2) is 11.2. The van der Waals surface area contributed by atoms with Crippen molar-refractivity contribution < 1.29 is 36.7 Å². The van der Waals surface area contributed by atoms with Gasteiger partial charge in [0.1, 0.15) is 0 Å². The number of halogens is 4. The van der Waals surface area contributed by atoms with Gasteiger partial charge in [0.25, 0.3) is 0 Å². The fraction of sp³-hybridized carbons (Fsp3) is 0.0455. The zero-order chi connectivity index (χ0) is 37.5. The summed E-state index contributed by atoms with van der Waals surface area (Å²) in [5.41, 5.74) is 2.50. The van der Waals surface area contributed by atoms with Crippen molar-refractivity contribution in [2.45, 2.75) is 13.8 Å². The molecule has 2 heterocycles. The summed E-state index contributed by atoms with van der Waals surface area (Å²) in [7, 11) is 0. The van der Waals surface area contributed by atoms with Gasteiger partial charge < -0.3 is 0 Å². The van der Waals surface area contributed by atoms with Crippen LogP contribution in [0.15, 0.2) is 83.9 Å². The second-order valence-electron chi connectivity index (χ2n) is 13.7. The standard InChI is InChI=1S/C44H20F4O4S2/c1-17-3-31-32(43-25(17)13-23(53-43)15-33-39(49)27-5-19-9-35(45)36(46)10-20(19)6-28(27)40(33)50)4-18(2)26-14-24(54-44(26)31)16-34-41(51)29-7-21-11-37(47)38(48)12-22(21)8-30(29)42(34)52/h3-16H,1-2H3. The molecule has 0 amide bonds. The van der Waals surface area contributed by atoms with Crippen LogP contribution < -0.4 is 0 Å². The number of thiophene rings is 2. The monoisotopic (exact) mass is 752 g/mol. The molecule has 0 unspecified atom stereocenters. The molecule has 0 atom stereocenters. The number of carbonyl (C=O) groups excluding carboxylic acids is 4. The smallest absolute Gasteiger partial charge is 0.197 e. The summed E-state index contributed by atoms with van der Waals surface area (Å²) in [4.78, 5) is 55.3. The minimum atomic E-state index is -1.04. The van der Waals surface area contributed by atoms with Gasteiger partial charge >= 0.3 is 0 Å². The van der Waals surface area contributed by atoms with E-state index in [1.807, 2.05) is 26.0 Å². The fourth-order valence-corrected chi connectivity index (χ4v) is 10.1. The van der Waals surface area contributed by atoms with E-state index >= 15 is 0 Å². The summed E-state index contributed by atoms with van der Waals surface area (Å²) in [6.07, 6.45) is 3.16. The maximum absolute atomic E-state index is 13.9. The molecule has 0 fully saturated rings. The Morgan fingerprint density at radius 1 is 0.407 bits per heavy atom. The number of aryl methyl sites for hydroxylation is 2. The van der Waals surface area contributed by atoms with Gasteiger partial charge in [0.15, 0.2) is 46.4 Å². The van der Waals surface area contributed by atoms with Gasteiger partial charge in [-0.05, 0) is 142 Å². The van der Waals surface area contributed by atoms with Crippen LogP contribution in [0.4, 0.5) is 17.6 Å². The summed E-state index contributed by atoms with van der Waals surface area (Å²) < 4.78 is 57.6. The molecular formula is C44H20F4O4S2. The molecule has 54 heavy (non-hydrogen) atoms. The molecule has 2 aromatic heterocycles. The number of ketones is 4. The lowest BCUT2D eigenvalue weighted by Gasteiger charge is -2.07. The lowest BCUT2D eigenvalue weighted by atomic mass is 9.99. The Balaban J connectivity index is 1.05. The van der Waals surface area contributed by atoms with Crippen LogP contribution in [0.25, 0.3) is 64.6 Å². The van der Waals surface area contributed by atoms with Crippen molar-refractivity contribution in [3.63, 3.8) is 0 Å². The van der Waals surface area contributed by atoms with Crippen LogP contribution >= 0.6 is 22.7 Å². The van der Waals surface area contributed by atoms with E-state index < -0.39 is 46.4 Å². The Morgan fingerprint density at radius 3 is 1.00 bits per heavy atom. The van der Waals surface area contributed by atoms with Gasteiger partial charge in [-0.3, -0.25) is 19.2 Å². The van der Waals surface area contributed by atoms with E-state index in [0.717, 1.165) is 66.3 Å². The molecule has 2 aliphatic carbocycles. The molecule has 6 aromatic carbocycles. The molecule has 0 spiro atoms. The van der Waals surface area contributed by atoms with Gasteiger partial charge in [0.05, 0.1) is 11.1 Å². The highest BCUT2D eigenvalue weighted by molar-refractivity contribution is 7.22.